The lowest BCUT2D eigenvalue weighted by atomic mass is 10.4. The number of amidine groups is 1. The van der Waals surface area contributed by atoms with E-state index in [0.717, 1.165) is 0 Å². The van der Waals surface area contributed by atoms with Gasteiger partial charge in [0.25, 0.3) is 0 Å². The summed E-state index contributed by atoms with van der Waals surface area (Å²) in [5.41, 5.74) is 6.12. The van der Waals surface area contributed by atoms with E-state index < -0.39 is 0 Å². The van der Waals surface area contributed by atoms with Gasteiger partial charge in [-0.3, -0.25) is 4.98 Å². The molecule has 6 nitrogen and oxygen atoms in total. The summed E-state index contributed by atoms with van der Waals surface area (Å²) in [5.74, 6) is 0.812. The summed E-state index contributed by atoms with van der Waals surface area (Å²) in [4.78, 5) is 7.85. The second kappa shape index (κ2) is 4.83. The average molecular weight is 215 g/mol. The fraction of sp³-hybridized carbons (Fsp3) is 0. The topological polar surface area (TPSA) is 89.7 Å². The lowest BCUT2D eigenvalue weighted by molar-refractivity contribution is 0.560. The minimum absolute atomic E-state index is 0.205. The molecular weight excluding hydrogens is 206 g/mol. The molecule has 2 N–H and O–H groups in total. The van der Waals surface area contributed by atoms with E-state index in [9.17, 15) is 0 Å². The van der Waals surface area contributed by atoms with E-state index in [1.54, 1.807) is 24.6 Å². The first-order valence-corrected chi connectivity index (χ1v) is 4.52. The Hall–Kier alpha value is -2.50. The van der Waals surface area contributed by atoms with Crippen molar-refractivity contribution in [1.29, 1.82) is 0 Å². The molecule has 80 valence electrons. The molecule has 0 amide bonds. The summed E-state index contributed by atoms with van der Waals surface area (Å²) in [7, 11) is 0. The third kappa shape index (κ3) is 2.50. The first-order chi connectivity index (χ1) is 7.86. The smallest absolute Gasteiger partial charge is 0.173 e. The molecule has 0 aliphatic heterocycles. The monoisotopic (exact) mass is 215 g/mol. The van der Waals surface area contributed by atoms with Gasteiger partial charge in [0, 0.05) is 12.4 Å². The van der Waals surface area contributed by atoms with Crippen LogP contribution in [0, 0.1) is 0 Å². The zero-order chi connectivity index (χ0) is 11.2. The summed E-state index contributed by atoms with van der Waals surface area (Å²) >= 11 is 0. The molecule has 6 heteroatoms. The van der Waals surface area contributed by atoms with Gasteiger partial charge in [0.2, 0.25) is 0 Å². The molecule has 0 saturated heterocycles. The Morgan fingerprint density at radius 1 is 1.44 bits per heavy atom. The molecule has 0 bridgehead atoms. The van der Waals surface area contributed by atoms with E-state index in [1.807, 2.05) is 0 Å². The third-order valence-electron chi connectivity index (χ3n) is 1.72. The highest BCUT2D eigenvalue weighted by atomic mass is 16.3. The minimum Gasteiger partial charge on any atom is -0.463 e. The lowest BCUT2D eigenvalue weighted by Crippen LogP contribution is -2.14. The molecule has 0 saturated carbocycles. The lowest BCUT2D eigenvalue weighted by Gasteiger charge is -1.94. The van der Waals surface area contributed by atoms with Crippen LogP contribution in [-0.4, -0.2) is 22.0 Å². The molecule has 0 aromatic carbocycles. The first kappa shape index (κ1) is 10.0. The van der Waals surface area contributed by atoms with Crippen molar-refractivity contribution in [2.75, 3.05) is 0 Å². The molecule has 0 aliphatic rings. The zero-order valence-electron chi connectivity index (χ0n) is 8.32. The van der Waals surface area contributed by atoms with E-state index in [4.69, 9.17) is 10.2 Å². The van der Waals surface area contributed by atoms with E-state index >= 15 is 0 Å². The van der Waals surface area contributed by atoms with Gasteiger partial charge in [0.05, 0.1) is 18.7 Å². The number of nitrogens with two attached hydrogens (primary N) is 1. The highest BCUT2D eigenvalue weighted by Gasteiger charge is 1.97. The number of hydrogen-bond acceptors (Lipinski definition) is 5. The van der Waals surface area contributed by atoms with Crippen LogP contribution in [0.1, 0.15) is 11.5 Å². The molecule has 2 heterocycles. The van der Waals surface area contributed by atoms with E-state index in [0.29, 0.717) is 11.5 Å². The van der Waals surface area contributed by atoms with E-state index in [-0.39, 0.29) is 5.84 Å². The first-order valence-electron chi connectivity index (χ1n) is 4.52. The highest BCUT2D eigenvalue weighted by molar-refractivity contribution is 5.95. The Bertz CT molecular complexity index is 489. The maximum atomic E-state index is 5.64. The summed E-state index contributed by atoms with van der Waals surface area (Å²) in [6.07, 6.45) is 7.62. The molecule has 0 atom stereocenters. The molecule has 0 spiro atoms. The van der Waals surface area contributed by atoms with Crippen LogP contribution < -0.4 is 5.73 Å². The Labute approximate surface area is 91.6 Å². The van der Waals surface area contributed by atoms with Crippen molar-refractivity contribution in [1.82, 2.24) is 9.97 Å². The van der Waals surface area contributed by atoms with Crippen molar-refractivity contribution in [3.63, 3.8) is 0 Å². The summed E-state index contributed by atoms with van der Waals surface area (Å²) in [6, 6.07) is 3.52. The predicted octanol–water partition coefficient (Wildman–Crippen LogP) is 0.809. The zero-order valence-corrected chi connectivity index (χ0v) is 8.32. The summed E-state index contributed by atoms with van der Waals surface area (Å²) in [5, 5.41) is 7.54. The van der Waals surface area contributed by atoms with Crippen LogP contribution in [-0.2, 0) is 0 Å². The second-order valence-corrected chi connectivity index (χ2v) is 2.84. The normalized spacial score (nSPS) is 12.1. The Kier molecular flexibility index (Phi) is 3.03. The Morgan fingerprint density at radius 3 is 3.06 bits per heavy atom. The molecule has 0 radical (unpaired) electrons. The summed E-state index contributed by atoms with van der Waals surface area (Å²) < 4.78 is 5.03. The highest BCUT2D eigenvalue weighted by Crippen LogP contribution is 1.96. The molecule has 0 fully saturated rings. The van der Waals surface area contributed by atoms with Crippen molar-refractivity contribution < 1.29 is 4.42 Å². The maximum absolute atomic E-state index is 5.64. The average Bonchev–Trinajstić information content (AvgIpc) is 2.83. The second-order valence-electron chi connectivity index (χ2n) is 2.84. The van der Waals surface area contributed by atoms with Crippen LogP contribution in [0.2, 0.25) is 0 Å². The van der Waals surface area contributed by atoms with Gasteiger partial charge in [-0.15, -0.1) is 5.10 Å². The molecular formula is C10H9N5O. The van der Waals surface area contributed by atoms with Gasteiger partial charge in [0.1, 0.15) is 11.5 Å². The van der Waals surface area contributed by atoms with Gasteiger partial charge in [0.15, 0.2) is 5.84 Å². The number of furan rings is 1. The van der Waals surface area contributed by atoms with Gasteiger partial charge < -0.3 is 10.2 Å². The Balaban J connectivity index is 2.08. The molecule has 0 unspecified atom stereocenters. The van der Waals surface area contributed by atoms with Crippen molar-refractivity contribution in [3.05, 3.63) is 48.4 Å². The van der Waals surface area contributed by atoms with Crippen LogP contribution in [0.4, 0.5) is 0 Å². The van der Waals surface area contributed by atoms with Crippen molar-refractivity contribution in [3.8, 4) is 0 Å². The van der Waals surface area contributed by atoms with Gasteiger partial charge in [-0.2, -0.15) is 5.10 Å². The van der Waals surface area contributed by atoms with Gasteiger partial charge in [-0.1, -0.05) is 0 Å². The molecule has 16 heavy (non-hydrogen) atoms. The molecule has 2 rings (SSSR count). The van der Waals surface area contributed by atoms with Crippen molar-refractivity contribution >= 4 is 12.1 Å². The number of aromatic nitrogens is 2. The third-order valence-corrected chi connectivity index (χ3v) is 1.72. The van der Waals surface area contributed by atoms with Crippen molar-refractivity contribution in [2.24, 2.45) is 15.9 Å². The fourth-order valence-electron chi connectivity index (χ4n) is 0.995. The Morgan fingerprint density at radius 2 is 2.38 bits per heavy atom. The fourth-order valence-corrected chi connectivity index (χ4v) is 0.995. The SMILES string of the molecule is NC(=NN=Cc1ccco1)c1cnccn1. The van der Waals surface area contributed by atoms with E-state index in [2.05, 4.69) is 20.2 Å². The van der Waals surface area contributed by atoms with Gasteiger partial charge in [-0.05, 0) is 12.1 Å². The number of hydrogen-bond donors (Lipinski definition) is 1. The molecule has 2 aromatic rings. The van der Waals surface area contributed by atoms with Crippen LogP contribution in [0.15, 0.2) is 51.6 Å². The maximum Gasteiger partial charge on any atom is 0.173 e. The van der Waals surface area contributed by atoms with E-state index in [1.165, 1.54) is 18.6 Å². The van der Waals surface area contributed by atoms with Gasteiger partial charge >= 0.3 is 0 Å². The minimum atomic E-state index is 0.205. The van der Waals surface area contributed by atoms with Crippen molar-refractivity contribution in [2.45, 2.75) is 0 Å². The number of rotatable bonds is 3. The largest absolute Gasteiger partial charge is 0.463 e. The van der Waals surface area contributed by atoms with Crippen LogP contribution >= 0.6 is 0 Å². The number of nitrogens with zero attached hydrogens (tertiary/aromatic N) is 4. The molecule has 2 aromatic heterocycles. The quantitative estimate of drug-likeness (QED) is 0.466. The van der Waals surface area contributed by atoms with Crippen LogP contribution in [0.25, 0.3) is 0 Å². The van der Waals surface area contributed by atoms with Crippen LogP contribution in [0.5, 0.6) is 0 Å². The van der Waals surface area contributed by atoms with Gasteiger partial charge in [-0.25, -0.2) is 4.98 Å². The molecule has 0 aliphatic carbocycles. The standard InChI is InChI=1S/C10H9N5O/c11-10(9-7-12-3-4-13-9)15-14-6-8-2-1-5-16-8/h1-7H,(H2,11,15). The predicted molar refractivity (Wildman–Crippen MR) is 59.1 cm³/mol. The van der Waals surface area contributed by atoms with Crippen LogP contribution in [0.3, 0.4) is 0 Å². The summed E-state index contributed by atoms with van der Waals surface area (Å²) in [6.45, 7) is 0.